The van der Waals surface area contributed by atoms with Crippen molar-refractivity contribution in [1.29, 1.82) is 0 Å². The summed E-state index contributed by atoms with van der Waals surface area (Å²) < 4.78 is 11.4. The second-order valence-electron chi connectivity index (χ2n) is 10.2. The van der Waals surface area contributed by atoms with E-state index in [4.69, 9.17) is 15.2 Å². The van der Waals surface area contributed by atoms with Crippen LogP contribution in [0.3, 0.4) is 0 Å². The summed E-state index contributed by atoms with van der Waals surface area (Å²) in [7, 11) is 0. The zero-order valence-corrected chi connectivity index (χ0v) is 22.2. The van der Waals surface area contributed by atoms with E-state index in [1.54, 1.807) is 18.7 Å². The summed E-state index contributed by atoms with van der Waals surface area (Å²) in [6, 6.07) is 8.99. The molecule has 1 aliphatic heterocycles. The molecule has 1 saturated carbocycles. The summed E-state index contributed by atoms with van der Waals surface area (Å²) in [4.78, 5) is 39.7. The number of halogens is 1. The van der Waals surface area contributed by atoms with Crippen LogP contribution in [0.25, 0.3) is 0 Å². The Morgan fingerprint density at radius 3 is 2.31 bits per heavy atom. The lowest BCUT2D eigenvalue weighted by atomic mass is 9.96. The minimum atomic E-state index is -1.12. The molecule has 1 atom stereocenters. The predicted octanol–water partition coefficient (Wildman–Crippen LogP) is 2.90. The van der Waals surface area contributed by atoms with Crippen molar-refractivity contribution in [2.45, 2.75) is 89.1 Å². The van der Waals surface area contributed by atoms with Gasteiger partial charge in [-0.2, -0.15) is 0 Å². The SMILES string of the molecule is CC(C)(N)C(=O)N[C@H](COCc1ccccc1)C(=O)N1CCC(OC(=O)NC2CCCCC2)CC1.Cl. The number of hydrogen-bond donors (Lipinski definition) is 3. The van der Waals surface area contributed by atoms with Gasteiger partial charge in [0.2, 0.25) is 11.8 Å². The van der Waals surface area contributed by atoms with Crippen molar-refractivity contribution in [3.8, 4) is 0 Å². The zero-order valence-electron chi connectivity index (χ0n) is 21.4. The Hall–Kier alpha value is -2.36. The molecule has 10 heteroatoms. The van der Waals surface area contributed by atoms with Crippen molar-refractivity contribution in [2.75, 3.05) is 19.7 Å². The highest BCUT2D eigenvalue weighted by Gasteiger charge is 2.33. The van der Waals surface area contributed by atoms with Crippen LogP contribution in [0.2, 0.25) is 0 Å². The highest BCUT2D eigenvalue weighted by atomic mass is 35.5. The molecule has 0 aromatic heterocycles. The molecule has 0 radical (unpaired) electrons. The van der Waals surface area contributed by atoms with Crippen LogP contribution in [-0.4, -0.2) is 66.2 Å². The molecule has 0 spiro atoms. The Morgan fingerprint density at radius 2 is 1.69 bits per heavy atom. The summed E-state index contributed by atoms with van der Waals surface area (Å²) in [6.07, 6.45) is 6.01. The molecular formula is C26H41ClN4O5. The van der Waals surface area contributed by atoms with Crippen LogP contribution in [0.1, 0.15) is 64.4 Å². The van der Waals surface area contributed by atoms with Gasteiger partial charge in [0.25, 0.3) is 0 Å². The predicted molar refractivity (Wildman–Crippen MR) is 140 cm³/mol. The maximum Gasteiger partial charge on any atom is 0.407 e. The molecule has 3 amide bonds. The van der Waals surface area contributed by atoms with Crippen molar-refractivity contribution < 1.29 is 23.9 Å². The first-order valence-electron chi connectivity index (χ1n) is 12.7. The maximum absolute atomic E-state index is 13.3. The number of benzene rings is 1. The molecule has 0 bridgehead atoms. The van der Waals surface area contributed by atoms with E-state index in [9.17, 15) is 14.4 Å². The van der Waals surface area contributed by atoms with E-state index in [2.05, 4.69) is 10.6 Å². The molecule has 1 heterocycles. The Labute approximate surface area is 220 Å². The topological polar surface area (TPSA) is 123 Å². The van der Waals surface area contributed by atoms with Crippen LogP contribution in [0.5, 0.6) is 0 Å². The fourth-order valence-electron chi connectivity index (χ4n) is 4.40. The number of amides is 3. The first-order chi connectivity index (χ1) is 16.7. The van der Waals surface area contributed by atoms with E-state index in [1.807, 2.05) is 30.3 Å². The lowest BCUT2D eigenvalue weighted by molar-refractivity contribution is -0.141. The van der Waals surface area contributed by atoms with E-state index >= 15 is 0 Å². The number of hydrogen-bond acceptors (Lipinski definition) is 6. The number of ether oxygens (including phenoxy) is 2. The summed E-state index contributed by atoms with van der Waals surface area (Å²) in [5, 5.41) is 5.73. The van der Waals surface area contributed by atoms with Crippen LogP contribution in [0.4, 0.5) is 4.79 Å². The van der Waals surface area contributed by atoms with Gasteiger partial charge >= 0.3 is 6.09 Å². The number of nitrogens with two attached hydrogens (primary N) is 1. The second kappa shape index (κ2) is 14.4. The van der Waals surface area contributed by atoms with E-state index in [-0.39, 0.29) is 43.2 Å². The quantitative estimate of drug-likeness (QED) is 0.456. The molecule has 1 saturated heterocycles. The number of piperidine rings is 1. The molecular weight excluding hydrogens is 484 g/mol. The van der Waals surface area contributed by atoms with Crippen LogP contribution >= 0.6 is 12.4 Å². The average Bonchev–Trinajstić information content (AvgIpc) is 2.84. The van der Waals surface area contributed by atoms with Crippen molar-refractivity contribution in [3.05, 3.63) is 35.9 Å². The third-order valence-corrected chi connectivity index (χ3v) is 6.54. The molecule has 1 aromatic rings. The molecule has 3 rings (SSSR count). The van der Waals surface area contributed by atoms with Gasteiger partial charge in [0.05, 0.1) is 18.8 Å². The van der Waals surface area contributed by atoms with Crippen LogP contribution < -0.4 is 16.4 Å². The third kappa shape index (κ3) is 9.59. The fraction of sp³-hybridized carbons (Fsp3) is 0.654. The molecule has 202 valence electrons. The molecule has 1 aliphatic carbocycles. The number of carbonyl (C=O) groups is 3. The number of carbonyl (C=O) groups excluding carboxylic acids is 3. The smallest absolute Gasteiger partial charge is 0.407 e. The van der Waals surface area contributed by atoms with Crippen molar-refractivity contribution in [3.63, 3.8) is 0 Å². The van der Waals surface area contributed by atoms with Gasteiger partial charge < -0.3 is 30.7 Å². The van der Waals surface area contributed by atoms with E-state index in [0.29, 0.717) is 32.5 Å². The van der Waals surface area contributed by atoms with Crippen molar-refractivity contribution in [2.24, 2.45) is 5.73 Å². The van der Waals surface area contributed by atoms with Gasteiger partial charge in [0, 0.05) is 32.0 Å². The minimum Gasteiger partial charge on any atom is -0.446 e. The summed E-state index contributed by atoms with van der Waals surface area (Å²) in [5.41, 5.74) is 5.78. The molecule has 4 N–H and O–H groups in total. The standard InChI is InChI=1S/C26H40N4O5.ClH/c1-26(2,27)24(32)29-22(18-34-17-19-9-5-3-6-10-19)23(31)30-15-13-21(14-16-30)35-25(33)28-20-11-7-4-8-12-20;/h3,5-6,9-10,20-22H,4,7-8,11-18,27H2,1-2H3,(H,28,33)(H,29,32);1H/t22-;/m1./s1. The van der Waals surface area contributed by atoms with Gasteiger partial charge in [-0.25, -0.2) is 4.79 Å². The number of alkyl carbamates (subject to hydrolysis) is 1. The van der Waals surface area contributed by atoms with Crippen LogP contribution in [-0.2, 0) is 25.7 Å². The minimum absolute atomic E-state index is 0. The first-order valence-corrected chi connectivity index (χ1v) is 12.7. The maximum atomic E-state index is 13.3. The molecule has 36 heavy (non-hydrogen) atoms. The Bertz CT molecular complexity index is 834. The fourth-order valence-corrected chi connectivity index (χ4v) is 4.40. The Kier molecular flexibility index (Phi) is 11.9. The second-order valence-corrected chi connectivity index (χ2v) is 10.2. The number of nitrogens with zero attached hydrogens (tertiary/aromatic N) is 1. The highest BCUT2D eigenvalue weighted by molar-refractivity contribution is 5.91. The normalized spacial score (nSPS) is 18.0. The number of rotatable bonds is 9. The van der Waals surface area contributed by atoms with Crippen LogP contribution in [0.15, 0.2) is 30.3 Å². The van der Waals surface area contributed by atoms with Gasteiger partial charge in [-0.05, 0) is 32.3 Å². The highest BCUT2D eigenvalue weighted by Crippen LogP contribution is 2.19. The third-order valence-electron chi connectivity index (χ3n) is 6.54. The lowest BCUT2D eigenvalue weighted by Gasteiger charge is -2.35. The van der Waals surface area contributed by atoms with Gasteiger partial charge in [0.15, 0.2) is 0 Å². The van der Waals surface area contributed by atoms with Crippen molar-refractivity contribution >= 4 is 30.3 Å². The van der Waals surface area contributed by atoms with Crippen molar-refractivity contribution in [1.82, 2.24) is 15.5 Å². The average molecular weight is 525 g/mol. The first kappa shape index (κ1) is 29.9. The number of nitrogens with one attached hydrogen (secondary N) is 2. The summed E-state index contributed by atoms with van der Waals surface area (Å²) in [5.74, 6) is -0.641. The zero-order chi connectivity index (χ0) is 25.3. The van der Waals surface area contributed by atoms with Gasteiger partial charge in [-0.3, -0.25) is 9.59 Å². The van der Waals surface area contributed by atoms with Gasteiger partial charge in [0.1, 0.15) is 12.1 Å². The number of likely N-dealkylation sites (tertiary alicyclic amines) is 1. The van der Waals surface area contributed by atoms with Gasteiger partial charge in [-0.1, -0.05) is 49.6 Å². The Balaban J connectivity index is 0.00000456. The van der Waals surface area contributed by atoms with Crippen LogP contribution in [0, 0.1) is 0 Å². The summed E-state index contributed by atoms with van der Waals surface area (Å²) in [6.45, 7) is 4.44. The lowest BCUT2D eigenvalue weighted by Crippen LogP contribution is -2.58. The molecule has 0 unspecified atom stereocenters. The molecule has 1 aromatic carbocycles. The van der Waals surface area contributed by atoms with Gasteiger partial charge in [-0.15, -0.1) is 12.4 Å². The molecule has 2 aliphatic rings. The molecule has 2 fully saturated rings. The summed E-state index contributed by atoms with van der Waals surface area (Å²) >= 11 is 0. The monoisotopic (exact) mass is 524 g/mol. The van der Waals surface area contributed by atoms with E-state index < -0.39 is 17.5 Å². The largest absolute Gasteiger partial charge is 0.446 e. The van der Waals surface area contributed by atoms with E-state index in [0.717, 1.165) is 31.2 Å². The molecule has 9 nitrogen and oxygen atoms in total. The van der Waals surface area contributed by atoms with E-state index in [1.165, 1.54) is 6.42 Å². The Morgan fingerprint density at radius 1 is 1.06 bits per heavy atom.